The molecule has 0 saturated heterocycles. The first-order valence-corrected chi connectivity index (χ1v) is 5.17. The Kier molecular flexibility index (Phi) is 2.49. The molecule has 0 fully saturated rings. The fourth-order valence-corrected chi connectivity index (χ4v) is 1.86. The summed E-state index contributed by atoms with van der Waals surface area (Å²) in [6.45, 7) is 4.01. The Morgan fingerprint density at radius 1 is 1.33 bits per heavy atom. The molecule has 1 aliphatic rings. The molecule has 1 aromatic carbocycles. The quantitative estimate of drug-likeness (QED) is 0.681. The average molecular weight is 205 g/mol. The van der Waals surface area contributed by atoms with Crippen molar-refractivity contribution in [3.63, 3.8) is 0 Å². The molecular weight excluding hydrogens is 190 g/mol. The zero-order chi connectivity index (χ0) is 11.0. The summed E-state index contributed by atoms with van der Waals surface area (Å²) in [5, 5.41) is 12.7. The van der Waals surface area contributed by atoms with E-state index in [9.17, 15) is 9.90 Å². The lowest BCUT2D eigenvalue weighted by Gasteiger charge is -2.13. The molecule has 3 nitrogen and oxygen atoms in total. The van der Waals surface area contributed by atoms with Crippen molar-refractivity contribution in [2.24, 2.45) is 0 Å². The lowest BCUT2D eigenvalue weighted by atomic mass is 9.99. The number of carbonyl (C=O) groups excluding carboxylic acids is 1. The number of hydrogen-bond donors (Lipinski definition) is 2. The predicted molar refractivity (Wildman–Crippen MR) is 58.7 cm³/mol. The van der Waals surface area contributed by atoms with Crippen LogP contribution in [0.2, 0.25) is 0 Å². The smallest absolute Gasteiger partial charge is 0.224 e. The number of aliphatic hydroxyl groups excluding tert-OH is 1. The molecule has 0 aromatic heterocycles. The van der Waals surface area contributed by atoms with Crippen LogP contribution in [-0.2, 0) is 4.79 Å². The van der Waals surface area contributed by atoms with E-state index in [2.05, 4.69) is 5.32 Å². The van der Waals surface area contributed by atoms with Gasteiger partial charge in [-0.15, -0.1) is 0 Å². The Morgan fingerprint density at radius 2 is 2.00 bits per heavy atom. The maximum absolute atomic E-state index is 11.4. The second-order valence-electron chi connectivity index (χ2n) is 4.13. The van der Waals surface area contributed by atoms with Gasteiger partial charge in [0.15, 0.2) is 0 Å². The number of nitrogens with one attached hydrogen (secondary N) is 1. The number of hydrogen-bond acceptors (Lipinski definition) is 2. The zero-order valence-electron chi connectivity index (χ0n) is 9.00. The van der Waals surface area contributed by atoms with E-state index in [0.717, 1.165) is 22.4 Å². The first-order chi connectivity index (χ1) is 7.08. The van der Waals surface area contributed by atoms with Crippen molar-refractivity contribution in [1.29, 1.82) is 0 Å². The van der Waals surface area contributed by atoms with Gasteiger partial charge in [-0.25, -0.2) is 0 Å². The average Bonchev–Trinajstić information content (AvgIpc) is 2.30. The highest BCUT2D eigenvalue weighted by Crippen LogP contribution is 2.31. The number of carbonyl (C=O) groups is 1. The van der Waals surface area contributed by atoms with Crippen LogP contribution >= 0.6 is 0 Å². The largest absolute Gasteiger partial charge is 0.388 e. The summed E-state index contributed by atoms with van der Waals surface area (Å²) in [7, 11) is 0. The van der Waals surface area contributed by atoms with Gasteiger partial charge >= 0.3 is 0 Å². The van der Waals surface area contributed by atoms with Crippen LogP contribution in [0.4, 0.5) is 5.69 Å². The van der Waals surface area contributed by atoms with E-state index < -0.39 is 6.10 Å². The van der Waals surface area contributed by atoms with Crippen molar-refractivity contribution in [1.82, 2.24) is 0 Å². The fraction of sp³-hybridized carbons (Fsp3) is 0.417. The van der Waals surface area contributed by atoms with Crippen LogP contribution in [0.15, 0.2) is 12.1 Å². The molecule has 1 aliphatic heterocycles. The maximum Gasteiger partial charge on any atom is 0.224 e. The molecule has 0 saturated carbocycles. The molecule has 1 heterocycles. The molecule has 0 bridgehead atoms. The lowest BCUT2D eigenvalue weighted by Crippen LogP contribution is -2.09. The number of anilines is 1. The van der Waals surface area contributed by atoms with Crippen LogP contribution in [0.1, 0.15) is 35.6 Å². The summed E-state index contributed by atoms with van der Waals surface area (Å²) in [5.41, 5.74) is 3.86. The Hall–Kier alpha value is -1.35. The Balaban J connectivity index is 2.52. The molecule has 15 heavy (non-hydrogen) atoms. The second-order valence-corrected chi connectivity index (χ2v) is 4.13. The van der Waals surface area contributed by atoms with Crippen molar-refractivity contribution in [3.05, 3.63) is 28.8 Å². The van der Waals surface area contributed by atoms with Crippen molar-refractivity contribution in [2.75, 3.05) is 5.32 Å². The van der Waals surface area contributed by atoms with Gasteiger partial charge in [0.25, 0.3) is 0 Å². The molecular formula is C12H15NO2. The number of fused-ring (bicyclic) bond motifs is 1. The monoisotopic (exact) mass is 205 g/mol. The normalized spacial score (nSPS) is 20.5. The number of aliphatic hydroxyl groups is 1. The third-order valence-corrected chi connectivity index (χ3v) is 2.94. The van der Waals surface area contributed by atoms with Crippen LogP contribution in [-0.4, -0.2) is 11.0 Å². The van der Waals surface area contributed by atoms with E-state index in [1.807, 2.05) is 26.0 Å². The molecule has 1 atom stereocenters. The molecule has 2 rings (SSSR count). The van der Waals surface area contributed by atoms with E-state index >= 15 is 0 Å². The third-order valence-electron chi connectivity index (χ3n) is 2.94. The molecule has 80 valence electrons. The number of rotatable bonds is 0. The van der Waals surface area contributed by atoms with Crippen LogP contribution in [0.3, 0.4) is 0 Å². The summed E-state index contributed by atoms with van der Waals surface area (Å²) in [6, 6.07) is 3.89. The topological polar surface area (TPSA) is 49.3 Å². The molecule has 1 amide bonds. The van der Waals surface area contributed by atoms with Gasteiger partial charge in [-0.2, -0.15) is 0 Å². The summed E-state index contributed by atoms with van der Waals surface area (Å²) >= 11 is 0. The second kappa shape index (κ2) is 3.66. The molecule has 0 radical (unpaired) electrons. The van der Waals surface area contributed by atoms with E-state index in [0.29, 0.717) is 12.8 Å². The van der Waals surface area contributed by atoms with Crippen molar-refractivity contribution in [2.45, 2.75) is 32.8 Å². The molecule has 2 N–H and O–H groups in total. The van der Waals surface area contributed by atoms with E-state index in [1.165, 1.54) is 0 Å². The Labute approximate surface area is 89.1 Å². The highest BCUT2D eigenvalue weighted by molar-refractivity contribution is 5.92. The van der Waals surface area contributed by atoms with E-state index in [1.54, 1.807) is 0 Å². The minimum atomic E-state index is -0.529. The van der Waals surface area contributed by atoms with Crippen molar-refractivity contribution in [3.8, 4) is 0 Å². The van der Waals surface area contributed by atoms with Gasteiger partial charge in [0.05, 0.1) is 6.10 Å². The number of amides is 1. The third kappa shape index (κ3) is 1.88. The maximum atomic E-state index is 11.4. The summed E-state index contributed by atoms with van der Waals surface area (Å²) in [4.78, 5) is 11.4. The summed E-state index contributed by atoms with van der Waals surface area (Å²) in [5.74, 6) is -0.0175. The first-order valence-electron chi connectivity index (χ1n) is 5.17. The fourth-order valence-electron chi connectivity index (χ4n) is 1.86. The number of aryl methyl sites for hydroxylation is 2. The van der Waals surface area contributed by atoms with Gasteiger partial charge in [-0.05, 0) is 37.5 Å². The SMILES string of the molecule is Cc1cc2c(cc1C)C(O)CCC(=O)N2. The lowest BCUT2D eigenvalue weighted by molar-refractivity contribution is -0.116. The van der Waals surface area contributed by atoms with Crippen molar-refractivity contribution < 1.29 is 9.90 Å². The standard InChI is InChI=1S/C12H15NO2/c1-7-5-9-10(6-8(7)2)13-12(15)4-3-11(9)14/h5-6,11,14H,3-4H2,1-2H3,(H,13,15). The minimum absolute atomic E-state index is 0.0175. The number of benzene rings is 1. The summed E-state index contributed by atoms with van der Waals surface area (Å²) < 4.78 is 0. The van der Waals surface area contributed by atoms with E-state index in [4.69, 9.17) is 0 Å². The van der Waals surface area contributed by atoms with Gasteiger partial charge in [0.1, 0.15) is 0 Å². The first kappa shape index (κ1) is 10.2. The molecule has 0 aliphatic carbocycles. The highest BCUT2D eigenvalue weighted by atomic mass is 16.3. The predicted octanol–water partition coefficient (Wildman–Crippen LogP) is 2.07. The van der Waals surface area contributed by atoms with Gasteiger partial charge < -0.3 is 10.4 Å². The zero-order valence-corrected chi connectivity index (χ0v) is 9.00. The Morgan fingerprint density at radius 3 is 2.73 bits per heavy atom. The minimum Gasteiger partial charge on any atom is -0.388 e. The molecule has 3 heteroatoms. The van der Waals surface area contributed by atoms with Crippen LogP contribution in [0.5, 0.6) is 0 Å². The van der Waals surface area contributed by atoms with Gasteiger partial charge in [-0.3, -0.25) is 4.79 Å². The van der Waals surface area contributed by atoms with Gasteiger partial charge in [0.2, 0.25) is 5.91 Å². The van der Waals surface area contributed by atoms with E-state index in [-0.39, 0.29) is 5.91 Å². The summed E-state index contributed by atoms with van der Waals surface area (Å²) in [6.07, 6.45) is 0.355. The molecule has 1 aromatic rings. The van der Waals surface area contributed by atoms with Crippen LogP contribution in [0.25, 0.3) is 0 Å². The molecule has 1 unspecified atom stereocenters. The van der Waals surface area contributed by atoms with Crippen LogP contribution < -0.4 is 5.32 Å². The Bertz CT molecular complexity index is 412. The molecule has 0 spiro atoms. The van der Waals surface area contributed by atoms with Gasteiger partial charge in [0, 0.05) is 17.7 Å². The highest BCUT2D eigenvalue weighted by Gasteiger charge is 2.20. The van der Waals surface area contributed by atoms with Crippen LogP contribution in [0, 0.1) is 13.8 Å². The van der Waals surface area contributed by atoms with Crippen molar-refractivity contribution >= 4 is 11.6 Å². The van der Waals surface area contributed by atoms with Gasteiger partial charge in [-0.1, -0.05) is 6.07 Å².